The van der Waals surface area contributed by atoms with Crippen molar-refractivity contribution in [1.82, 2.24) is 5.32 Å². The maximum Gasteiger partial charge on any atom is 0.417 e. The first-order valence-electron chi connectivity index (χ1n) is 7.50. The van der Waals surface area contributed by atoms with Crippen molar-refractivity contribution in [2.24, 2.45) is 0 Å². The number of anilines is 1. The van der Waals surface area contributed by atoms with Gasteiger partial charge in [0.05, 0.1) is 22.5 Å². The van der Waals surface area contributed by atoms with Gasteiger partial charge in [0.15, 0.2) is 0 Å². The van der Waals surface area contributed by atoms with E-state index in [1.165, 1.54) is 0 Å². The number of nitrogens with one attached hydrogen (secondary N) is 1. The van der Waals surface area contributed by atoms with Gasteiger partial charge in [-0.25, -0.2) is 8.42 Å². The number of sulfonamides is 1. The Kier molecular flexibility index (Phi) is 7.13. The highest BCUT2D eigenvalue weighted by Crippen LogP contribution is 2.37. The molecule has 1 aromatic carbocycles. The molecule has 0 fully saturated rings. The Morgan fingerprint density at radius 3 is 2.44 bits per heavy atom. The number of carbonyl (C=O) groups excluding carboxylic acids is 1. The molecule has 1 atom stereocenters. The van der Waals surface area contributed by atoms with Gasteiger partial charge in [-0.15, -0.1) is 0 Å². The maximum atomic E-state index is 13.0. The van der Waals surface area contributed by atoms with Gasteiger partial charge in [0.2, 0.25) is 15.9 Å². The minimum Gasteiger partial charge on any atom is -0.352 e. The Morgan fingerprint density at radius 1 is 1.36 bits per heavy atom. The molecule has 25 heavy (non-hydrogen) atoms. The van der Waals surface area contributed by atoms with E-state index < -0.39 is 39.2 Å². The van der Waals surface area contributed by atoms with E-state index in [1.54, 1.807) is 6.92 Å². The van der Waals surface area contributed by atoms with Crippen molar-refractivity contribution in [3.63, 3.8) is 0 Å². The number of hydrogen-bond acceptors (Lipinski definition) is 3. The molecule has 1 aromatic rings. The molecule has 0 saturated carbocycles. The smallest absolute Gasteiger partial charge is 0.352 e. The first-order valence-corrected chi connectivity index (χ1v) is 9.72. The Balaban J connectivity index is 3.15. The monoisotopic (exact) mass is 400 g/mol. The fourth-order valence-electron chi connectivity index (χ4n) is 2.24. The zero-order chi connectivity index (χ0) is 19.4. The van der Waals surface area contributed by atoms with Crippen molar-refractivity contribution in [2.45, 2.75) is 38.9 Å². The molecular formula is C15H20ClF3N2O3S. The lowest BCUT2D eigenvalue weighted by atomic mass is 10.2. The molecule has 0 aliphatic rings. The molecule has 0 heterocycles. The predicted molar refractivity (Wildman–Crippen MR) is 91.2 cm³/mol. The summed E-state index contributed by atoms with van der Waals surface area (Å²) in [5.41, 5.74) is -1.45. The summed E-state index contributed by atoms with van der Waals surface area (Å²) in [5.74, 6) is -0.602. The van der Waals surface area contributed by atoms with E-state index in [2.05, 4.69) is 5.32 Å². The molecular weight excluding hydrogens is 381 g/mol. The van der Waals surface area contributed by atoms with Crippen LogP contribution in [0.2, 0.25) is 5.02 Å². The lowest BCUT2D eigenvalue weighted by molar-refractivity contribution is -0.137. The molecule has 10 heteroatoms. The van der Waals surface area contributed by atoms with Crippen molar-refractivity contribution in [1.29, 1.82) is 0 Å². The molecule has 0 aliphatic carbocycles. The minimum atomic E-state index is -4.74. The van der Waals surface area contributed by atoms with Crippen molar-refractivity contribution >= 4 is 33.2 Å². The first-order chi connectivity index (χ1) is 11.4. The lowest BCUT2D eigenvalue weighted by Crippen LogP contribution is -2.43. The van der Waals surface area contributed by atoms with Crippen LogP contribution in [0.3, 0.4) is 0 Å². The van der Waals surface area contributed by atoms with Crippen LogP contribution < -0.4 is 9.62 Å². The van der Waals surface area contributed by atoms with E-state index in [0.717, 1.165) is 24.8 Å². The van der Waals surface area contributed by atoms with Gasteiger partial charge in [-0.2, -0.15) is 13.2 Å². The van der Waals surface area contributed by atoms with Gasteiger partial charge in [0.1, 0.15) is 6.54 Å². The van der Waals surface area contributed by atoms with Crippen LogP contribution >= 0.6 is 11.6 Å². The van der Waals surface area contributed by atoms with Gasteiger partial charge in [0, 0.05) is 6.04 Å². The van der Waals surface area contributed by atoms with Crippen LogP contribution in [-0.2, 0) is 21.0 Å². The number of nitrogens with zero attached hydrogens (tertiary/aromatic N) is 1. The van der Waals surface area contributed by atoms with Crippen LogP contribution in [0.4, 0.5) is 18.9 Å². The standard InChI is InChI=1S/C15H20ClF3N2O3S/c1-4-5-10(2)20-14(22)9-21(25(3,23)24)11-6-7-13(16)12(8-11)15(17,18)19/h6-8,10H,4-5,9H2,1-3H3,(H,20,22)/t10-/m1/s1. The fraction of sp³-hybridized carbons (Fsp3) is 0.533. The second-order valence-corrected chi connectivity index (χ2v) is 8.00. The summed E-state index contributed by atoms with van der Waals surface area (Å²) in [6.07, 6.45) is -2.40. The highest BCUT2D eigenvalue weighted by atomic mass is 35.5. The number of benzene rings is 1. The normalized spacial score (nSPS) is 13.4. The van der Waals surface area contributed by atoms with Gasteiger partial charge in [0.25, 0.3) is 0 Å². The van der Waals surface area contributed by atoms with E-state index in [1.807, 2.05) is 6.92 Å². The van der Waals surface area contributed by atoms with Crippen LogP contribution in [0.15, 0.2) is 18.2 Å². The largest absolute Gasteiger partial charge is 0.417 e. The van der Waals surface area contributed by atoms with Gasteiger partial charge >= 0.3 is 6.18 Å². The quantitative estimate of drug-likeness (QED) is 0.762. The predicted octanol–water partition coefficient (Wildman–Crippen LogP) is 3.43. The average Bonchev–Trinajstić information content (AvgIpc) is 2.43. The summed E-state index contributed by atoms with van der Waals surface area (Å²) < 4.78 is 63.5. The first kappa shape index (κ1) is 21.6. The van der Waals surface area contributed by atoms with Crippen molar-refractivity contribution in [3.05, 3.63) is 28.8 Å². The summed E-state index contributed by atoms with van der Waals surface area (Å²) in [6.45, 7) is 3.07. The van der Waals surface area contributed by atoms with E-state index in [-0.39, 0.29) is 11.7 Å². The molecule has 1 N–H and O–H groups in total. The van der Waals surface area contributed by atoms with Gasteiger partial charge < -0.3 is 5.32 Å². The summed E-state index contributed by atoms with van der Waals surface area (Å²) in [5, 5.41) is 2.07. The van der Waals surface area contributed by atoms with Crippen LogP contribution in [0.1, 0.15) is 32.3 Å². The third kappa shape index (κ3) is 6.39. The molecule has 0 aliphatic heterocycles. The van der Waals surface area contributed by atoms with E-state index in [4.69, 9.17) is 11.6 Å². The molecule has 1 amide bonds. The summed E-state index contributed by atoms with van der Waals surface area (Å²) in [6, 6.07) is 2.53. The minimum absolute atomic E-state index is 0.171. The Bertz CT molecular complexity index is 723. The number of carbonyl (C=O) groups is 1. The topological polar surface area (TPSA) is 66.5 Å². The molecule has 0 spiro atoms. The zero-order valence-electron chi connectivity index (χ0n) is 14.0. The third-order valence-corrected chi connectivity index (χ3v) is 4.83. The number of halogens is 4. The van der Waals surface area contributed by atoms with E-state index in [9.17, 15) is 26.4 Å². The lowest BCUT2D eigenvalue weighted by Gasteiger charge is -2.24. The summed E-state index contributed by atoms with van der Waals surface area (Å²) >= 11 is 5.54. The molecule has 0 unspecified atom stereocenters. The number of hydrogen-bond donors (Lipinski definition) is 1. The van der Waals surface area contributed by atoms with Crippen LogP contribution in [-0.4, -0.2) is 33.2 Å². The molecule has 5 nitrogen and oxygen atoms in total. The van der Waals surface area contributed by atoms with Gasteiger partial charge in [-0.1, -0.05) is 24.9 Å². The van der Waals surface area contributed by atoms with Crippen molar-refractivity contribution in [3.8, 4) is 0 Å². The Morgan fingerprint density at radius 2 is 1.96 bits per heavy atom. The SMILES string of the molecule is CCC[C@@H](C)NC(=O)CN(c1ccc(Cl)c(C(F)(F)F)c1)S(C)(=O)=O. The fourth-order valence-corrected chi connectivity index (χ4v) is 3.31. The molecule has 0 radical (unpaired) electrons. The van der Waals surface area contributed by atoms with Crippen LogP contribution in [0.25, 0.3) is 0 Å². The number of alkyl halides is 3. The van der Waals surface area contributed by atoms with E-state index in [0.29, 0.717) is 16.8 Å². The molecule has 0 saturated heterocycles. The highest BCUT2D eigenvalue weighted by molar-refractivity contribution is 7.92. The molecule has 142 valence electrons. The second kappa shape index (κ2) is 8.27. The van der Waals surface area contributed by atoms with E-state index >= 15 is 0 Å². The number of amides is 1. The third-order valence-electron chi connectivity index (χ3n) is 3.36. The van der Waals surface area contributed by atoms with Crippen molar-refractivity contribution < 1.29 is 26.4 Å². The maximum absolute atomic E-state index is 13.0. The number of rotatable bonds is 7. The highest BCUT2D eigenvalue weighted by Gasteiger charge is 2.34. The average molecular weight is 401 g/mol. The molecule has 0 bridgehead atoms. The van der Waals surface area contributed by atoms with Crippen LogP contribution in [0.5, 0.6) is 0 Å². The van der Waals surface area contributed by atoms with Crippen LogP contribution in [0, 0.1) is 0 Å². The molecule has 1 rings (SSSR count). The summed E-state index contributed by atoms with van der Waals surface area (Å²) in [4.78, 5) is 12.0. The van der Waals surface area contributed by atoms with Crippen molar-refractivity contribution in [2.75, 3.05) is 17.1 Å². The van der Waals surface area contributed by atoms with Gasteiger partial charge in [-0.3, -0.25) is 9.10 Å². The zero-order valence-corrected chi connectivity index (χ0v) is 15.6. The van der Waals surface area contributed by atoms with Gasteiger partial charge in [-0.05, 0) is 31.5 Å². The second-order valence-electron chi connectivity index (χ2n) is 5.69. The Labute approximate surface area is 150 Å². The summed E-state index contributed by atoms with van der Waals surface area (Å²) in [7, 11) is -3.97. The Hall–Kier alpha value is -1.48. The molecule has 0 aromatic heterocycles.